The summed E-state index contributed by atoms with van der Waals surface area (Å²) in [4.78, 5) is 33.4. The summed E-state index contributed by atoms with van der Waals surface area (Å²) in [6.45, 7) is 10.3. The fourth-order valence-electron chi connectivity index (χ4n) is 5.07. The van der Waals surface area contributed by atoms with Crippen LogP contribution in [0, 0.1) is 0 Å². The number of anilines is 4. The molecule has 1 aromatic heterocycles. The quantitative estimate of drug-likeness (QED) is 0.397. The van der Waals surface area contributed by atoms with Gasteiger partial charge in [0.2, 0.25) is 5.95 Å². The van der Waals surface area contributed by atoms with Crippen LogP contribution in [0.5, 0.6) is 0 Å². The number of hydrogen-bond acceptors (Lipinski definition) is 9. The average Bonchev–Trinajstić information content (AvgIpc) is 2.97. The maximum absolute atomic E-state index is 12.8. The number of amides is 2. The third-order valence-corrected chi connectivity index (χ3v) is 7.43. The average molecular weight is 559 g/mol. The second-order valence-electron chi connectivity index (χ2n) is 11.5. The van der Waals surface area contributed by atoms with Crippen LogP contribution in [0.3, 0.4) is 0 Å². The van der Waals surface area contributed by atoms with Crippen molar-refractivity contribution in [3.8, 4) is 0 Å². The maximum atomic E-state index is 12.8. The predicted molar refractivity (Wildman–Crippen MR) is 159 cm³/mol. The van der Waals surface area contributed by atoms with E-state index >= 15 is 0 Å². The van der Waals surface area contributed by atoms with Crippen molar-refractivity contribution in [2.75, 3.05) is 54.9 Å². The first-order valence-corrected chi connectivity index (χ1v) is 14.1. The van der Waals surface area contributed by atoms with Gasteiger partial charge >= 0.3 is 0 Å². The SMILES string of the molecule is CC(C)(C)c1ccc(NC2CCCN(c3nnc(C(N)=O)c(Nc4ccc(C(=O)N5CCOCC5)cc4)n3)C2)cc1. The van der Waals surface area contributed by atoms with Crippen LogP contribution in [0.15, 0.2) is 48.5 Å². The predicted octanol–water partition coefficient (Wildman–Crippen LogP) is 3.56. The summed E-state index contributed by atoms with van der Waals surface area (Å²) in [5.41, 5.74) is 9.23. The number of carbonyl (C=O) groups is 2. The first-order chi connectivity index (χ1) is 19.7. The lowest BCUT2D eigenvalue weighted by Crippen LogP contribution is -2.43. The Labute approximate surface area is 240 Å². The Bertz CT molecular complexity index is 1370. The van der Waals surface area contributed by atoms with Crippen LogP contribution in [-0.4, -0.2) is 77.3 Å². The molecule has 11 heteroatoms. The molecule has 216 valence electrons. The molecule has 3 heterocycles. The van der Waals surface area contributed by atoms with Crippen molar-refractivity contribution in [1.82, 2.24) is 20.1 Å². The highest BCUT2D eigenvalue weighted by atomic mass is 16.5. The van der Waals surface area contributed by atoms with Crippen molar-refractivity contribution in [2.24, 2.45) is 5.73 Å². The molecule has 2 aliphatic heterocycles. The number of nitrogens with one attached hydrogen (secondary N) is 2. The molecule has 2 saturated heterocycles. The van der Waals surface area contributed by atoms with Gasteiger partial charge in [-0.3, -0.25) is 9.59 Å². The van der Waals surface area contributed by atoms with Gasteiger partial charge in [0, 0.05) is 49.2 Å². The number of nitrogens with two attached hydrogens (primary N) is 1. The van der Waals surface area contributed by atoms with Crippen LogP contribution in [0.25, 0.3) is 0 Å². The van der Waals surface area contributed by atoms with Crippen LogP contribution in [0.4, 0.5) is 23.1 Å². The molecule has 41 heavy (non-hydrogen) atoms. The largest absolute Gasteiger partial charge is 0.381 e. The highest BCUT2D eigenvalue weighted by molar-refractivity contribution is 5.97. The van der Waals surface area contributed by atoms with Gasteiger partial charge in [0.25, 0.3) is 11.8 Å². The Morgan fingerprint density at radius 3 is 2.29 bits per heavy atom. The summed E-state index contributed by atoms with van der Waals surface area (Å²) < 4.78 is 5.33. The summed E-state index contributed by atoms with van der Waals surface area (Å²) in [6.07, 6.45) is 1.98. The highest BCUT2D eigenvalue weighted by Crippen LogP contribution is 2.26. The minimum atomic E-state index is -0.727. The number of aromatic nitrogens is 3. The molecule has 3 aromatic rings. The van der Waals surface area contributed by atoms with Gasteiger partial charge < -0.3 is 30.9 Å². The molecule has 2 amide bonds. The first kappa shape index (κ1) is 28.3. The van der Waals surface area contributed by atoms with E-state index in [1.807, 2.05) is 0 Å². The molecule has 11 nitrogen and oxygen atoms in total. The molecule has 0 bridgehead atoms. The molecule has 0 radical (unpaired) electrons. The molecule has 0 spiro atoms. The zero-order valence-corrected chi connectivity index (χ0v) is 23.9. The van der Waals surface area contributed by atoms with Crippen LogP contribution in [0.2, 0.25) is 0 Å². The van der Waals surface area contributed by atoms with Gasteiger partial charge in [0.1, 0.15) is 0 Å². The van der Waals surface area contributed by atoms with E-state index in [0.717, 1.165) is 25.1 Å². The lowest BCUT2D eigenvalue weighted by molar-refractivity contribution is 0.0303. The molecule has 0 saturated carbocycles. The summed E-state index contributed by atoms with van der Waals surface area (Å²) >= 11 is 0. The molecule has 2 aliphatic rings. The van der Waals surface area contributed by atoms with Crippen molar-refractivity contribution in [2.45, 2.75) is 45.1 Å². The number of rotatable bonds is 7. The second kappa shape index (κ2) is 12.1. The van der Waals surface area contributed by atoms with Crippen LogP contribution < -0.4 is 21.3 Å². The van der Waals surface area contributed by atoms with Gasteiger partial charge in [-0.15, -0.1) is 10.2 Å². The lowest BCUT2D eigenvalue weighted by atomic mass is 9.87. The van der Waals surface area contributed by atoms with E-state index < -0.39 is 5.91 Å². The van der Waals surface area contributed by atoms with Gasteiger partial charge in [-0.25, -0.2) is 0 Å². The Hall–Kier alpha value is -4.25. The number of hydrogen-bond donors (Lipinski definition) is 3. The topological polar surface area (TPSA) is 139 Å². The summed E-state index contributed by atoms with van der Waals surface area (Å²) in [7, 11) is 0. The van der Waals surface area contributed by atoms with Gasteiger partial charge in [-0.1, -0.05) is 32.9 Å². The molecule has 1 atom stereocenters. The van der Waals surface area contributed by atoms with Gasteiger partial charge in [0.05, 0.1) is 13.2 Å². The monoisotopic (exact) mass is 558 g/mol. The summed E-state index contributed by atoms with van der Waals surface area (Å²) in [5.74, 6) is -0.120. The molecule has 0 aliphatic carbocycles. The number of morpholine rings is 1. The van der Waals surface area contributed by atoms with E-state index in [4.69, 9.17) is 10.5 Å². The molecule has 1 unspecified atom stereocenters. The molecular weight excluding hydrogens is 520 g/mol. The van der Waals surface area contributed by atoms with E-state index in [-0.39, 0.29) is 28.9 Å². The van der Waals surface area contributed by atoms with Crippen molar-refractivity contribution in [3.05, 3.63) is 65.4 Å². The fraction of sp³-hybridized carbons (Fsp3) is 0.433. The van der Waals surface area contributed by atoms with Gasteiger partial charge in [-0.05, 0) is 60.2 Å². The van der Waals surface area contributed by atoms with Crippen molar-refractivity contribution >= 4 is 35.0 Å². The molecular formula is C30H38N8O3. The van der Waals surface area contributed by atoms with Crippen molar-refractivity contribution in [1.29, 1.82) is 0 Å². The number of carbonyl (C=O) groups excluding carboxylic acids is 2. The van der Waals surface area contributed by atoms with E-state index in [1.54, 1.807) is 29.2 Å². The van der Waals surface area contributed by atoms with Crippen LogP contribution in [-0.2, 0) is 10.2 Å². The van der Waals surface area contributed by atoms with Crippen LogP contribution >= 0.6 is 0 Å². The summed E-state index contributed by atoms with van der Waals surface area (Å²) in [6, 6.07) is 15.8. The Kier molecular flexibility index (Phi) is 8.34. The molecule has 5 rings (SSSR count). The zero-order valence-electron chi connectivity index (χ0n) is 23.9. The maximum Gasteiger partial charge on any atom is 0.273 e. The first-order valence-electron chi connectivity index (χ1n) is 14.1. The van der Waals surface area contributed by atoms with Crippen molar-refractivity contribution < 1.29 is 14.3 Å². The number of ether oxygens (including phenoxy) is 1. The fourth-order valence-corrected chi connectivity index (χ4v) is 5.07. The minimum absolute atomic E-state index is 0.0397. The third-order valence-electron chi connectivity index (χ3n) is 7.43. The molecule has 2 aromatic carbocycles. The van der Waals surface area contributed by atoms with Gasteiger partial charge in [-0.2, -0.15) is 4.98 Å². The number of piperidine rings is 1. The Morgan fingerprint density at radius 1 is 0.951 bits per heavy atom. The van der Waals surface area contributed by atoms with Gasteiger partial charge in [0.15, 0.2) is 11.5 Å². The zero-order chi connectivity index (χ0) is 29.0. The highest BCUT2D eigenvalue weighted by Gasteiger charge is 2.25. The lowest BCUT2D eigenvalue weighted by Gasteiger charge is -2.33. The second-order valence-corrected chi connectivity index (χ2v) is 11.5. The summed E-state index contributed by atoms with van der Waals surface area (Å²) in [5, 5.41) is 15.1. The van der Waals surface area contributed by atoms with Crippen LogP contribution in [0.1, 0.15) is 60.0 Å². The number of nitrogens with zero attached hydrogens (tertiary/aromatic N) is 5. The standard InChI is InChI=1S/C30H38N8O3/c1-30(2,3)21-8-12-22(13-9-21)32-24-5-4-14-38(19-24)29-34-27(25(26(31)39)35-36-29)33-23-10-6-20(7-11-23)28(40)37-15-17-41-18-16-37/h6-13,24,32H,4-5,14-19H2,1-3H3,(H2,31,39)(H,33,34,36). The molecule has 4 N–H and O–H groups in total. The Balaban J connectivity index is 1.28. The van der Waals surface area contributed by atoms with E-state index in [2.05, 4.69) is 75.8 Å². The van der Waals surface area contributed by atoms with E-state index in [9.17, 15) is 9.59 Å². The van der Waals surface area contributed by atoms with E-state index in [1.165, 1.54) is 5.56 Å². The third kappa shape index (κ3) is 6.91. The number of benzene rings is 2. The Morgan fingerprint density at radius 2 is 1.63 bits per heavy atom. The van der Waals surface area contributed by atoms with E-state index in [0.29, 0.717) is 50.0 Å². The normalized spacial score (nSPS) is 17.7. The smallest absolute Gasteiger partial charge is 0.273 e. The minimum Gasteiger partial charge on any atom is -0.381 e. The number of primary amides is 1. The van der Waals surface area contributed by atoms with Crippen molar-refractivity contribution in [3.63, 3.8) is 0 Å². The molecule has 2 fully saturated rings.